The lowest BCUT2D eigenvalue weighted by Crippen LogP contribution is -2.60. The van der Waals surface area contributed by atoms with Crippen molar-refractivity contribution in [1.29, 1.82) is 0 Å². The van der Waals surface area contributed by atoms with Gasteiger partial charge in [-0.25, -0.2) is 4.79 Å². The van der Waals surface area contributed by atoms with Crippen molar-refractivity contribution in [3.63, 3.8) is 0 Å². The van der Waals surface area contributed by atoms with Crippen LogP contribution in [0.4, 0.5) is 0 Å². The van der Waals surface area contributed by atoms with Gasteiger partial charge in [0.1, 0.15) is 12.1 Å². The van der Waals surface area contributed by atoms with Crippen LogP contribution in [0.25, 0.3) is 0 Å². The third-order valence-electron chi connectivity index (χ3n) is 8.86. The van der Waals surface area contributed by atoms with Crippen molar-refractivity contribution in [1.82, 2.24) is 4.90 Å². The van der Waals surface area contributed by atoms with Gasteiger partial charge < -0.3 is 29.7 Å². The molecule has 0 aromatic heterocycles. The maximum Gasteiger partial charge on any atom is 0.329 e. The van der Waals surface area contributed by atoms with E-state index in [1.54, 1.807) is 6.92 Å². The van der Waals surface area contributed by atoms with Gasteiger partial charge in [-0.1, -0.05) is 20.8 Å². The quantitative estimate of drug-likeness (QED) is 0.274. The minimum absolute atomic E-state index is 0.00839. The summed E-state index contributed by atoms with van der Waals surface area (Å²) in [7, 11) is 2.43. The highest BCUT2D eigenvalue weighted by Crippen LogP contribution is 2.47. The van der Waals surface area contributed by atoms with E-state index in [0.717, 1.165) is 19.3 Å². The van der Waals surface area contributed by atoms with Crippen LogP contribution in [0.1, 0.15) is 85.5 Å². The minimum Gasteiger partial charge on any atom is -0.461 e. The fraction of sp³-hybridized carbons (Fsp3) is 0.889. The highest BCUT2D eigenvalue weighted by molar-refractivity contribution is 7.17. The van der Waals surface area contributed by atoms with Gasteiger partial charge in [-0.05, 0) is 82.5 Å². The van der Waals surface area contributed by atoms with Crippen LogP contribution in [-0.4, -0.2) is 80.4 Å². The van der Waals surface area contributed by atoms with Gasteiger partial charge in [0.05, 0.1) is 18.1 Å². The number of hydrogen-bond donors (Lipinski definition) is 3. The molecule has 10 heteroatoms. The van der Waals surface area contributed by atoms with Crippen molar-refractivity contribution in [2.45, 2.75) is 121 Å². The maximum atomic E-state index is 13.2. The molecule has 11 unspecified atom stereocenters. The van der Waals surface area contributed by atoms with Crippen LogP contribution in [0, 0.1) is 23.7 Å². The van der Waals surface area contributed by atoms with E-state index in [9.17, 15) is 29.7 Å². The fourth-order valence-corrected chi connectivity index (χ4v) is 6.93. The highest BCUT2D eigenvalue weighted by atomic mass is 31.0. The molecule has 2 aliphatic heterocycles. The van der Waals surface area contributed by atoms with Crippen LogP contribution >= 0.6 is 9.24 Å². The molecular weight excluding hydrogens is 497 g/mol. The number of piperidine rings is 1. The molecule has 212 valence electrons. The highest BCUT2D eigenvalue weighted by Gasteiger charge is 2.52. The molecule has 1 amide bonds. The predicted molar refractivity (Wildman–Crippen MR) is 140 cm³/mol. The monoisotopic (exact) mass is 543 g/mol. The summed E-state index contributed by atoms with van der Waals surface area (Å²) in [4.78, 5) is 40.8. The molecule has 2 heterocycles. The Hall–Kier alpha value is -1.12. The Labute approximate surface area is 222 Å². The van der Waals surface area contributed by atoms with E-state index in [0.29, 0.717) is 44.4 Å². The number of carbonyl (C=O) groups is 3. The number of carbonyl (C=O) groups excluding carboxylic acids is 3. The largest absolute Gasteiger partial charge is 0.461 e. The molecular formula is C27H46NO8P. The topological polar surface area (TPSA) is 134 Å². The van der Waals surface area contributed by atoms with Gasteiger partial charge in [0.15, 0.2) is 0 Å². The number of rotatable bonds is 5. The Morgan fingerprint density at radius 1 is 1.05 bits per heavy atom. The van der Waals surface area contributed by atoms with Gasteiger partial charge >= 0.3 is 5.97 Å². The Morgan fingerprint density at radius 2 is 1.76 bits per heavy atom. The zero-order chi connectivity index (χ0) is 27.5. The van der Waals surface area contributed by atoms with Crippen molar-refractivity contribution >= 4 is 26.9 Å². The summed E-state index contributed by atoms with van der Waals surface area (Å²) in [6, 6.07) is -0.881. The van der Waals surface area contributed by atoms with Gasteiger partial charge in [-0.2, -0.15) is 0 Å². The summed E-state index contributed by atoms with van der Waals surface area (Å²) in [6.07, 6.45) is 4.09. The molecule has 2 saturated heterocycles. The third kappa shape index (κ3) is 6.38. The van der Waals surface area contributed by atoms with Crippen molar-refractivity contribution in [2.75, 3.05) is 6.54 Å². The first-order chi connectivity index (χ1) is 17.5. The molecule has 0 spiro atoms. The Morgan fingerprint density at radius 3 is 2.46 bits per heavy atom. The van der Waals surface area contributed by atoms with E-state index < -0.39 is 59.6 Å². The van der Waals surface area contributed by atoms with E-state index in [-0.39, 0.29) is 18.4 Å². The standard InChI is InChI=1S/C25H40NO8P.C2H6/c1-13-6-9-20(35)34-25(13,32)22(29)23(30)26-10-4-3-5-18(26)24(31)33-14(2)16-11-15-7-8-19(27)21(28)17(15)12-16;1-2/h13-21,27-28,32H,3-12,35H2,1-2H3;1-2H3. The van der Waals surface area contributed by atoms with Crippen LogP contribution in [0.2, 0.25) is 0 Å². The molecule has 4 aliphatic rings. The fourth-order valence-electron chi connectivity index (χ4n) is 6.53. The van der Waals surface area contributed by atoms with E-state index in [1.165, 1.54) is 4.90 Å². The Balaban J connectivity index is 0.00000186. The smallest absolute Gasteiger partial charge is 0.329 e. The number of likely N-dealkylation sites (tertiary alicyclic amines) is 1. The number of hydrogen-bond acceptors (Lipinski definition) is 8. The Bertz CT molecular complexity index is 826. The summed E-state index contributed by atoms with van der Waals surface area (Å²) in [6.45, 7) is 7.76. The molecule has 0 aromatic rings. The number of fused-ring (bicyclic) bond motifs is 1. The lowest BCUT2D eigenvalue weighted by Gasteiger charge is -2.41. The van der Waals surface area contributed by atoms with Crippen LogP contribution in [0.3, 0.4) is 0 Å². The molecule has 4 fully saturated rings. The van der Waals surface area contributed by atoms with Gasteiger partial charge in [0.25, 0.3) is 11.7 Å². The lowest BCUT2D eigenvalue weighted by atomic mass is 9.78. The van der Waals surface area contributed by atoms with Crippen molar-refractivity contribution < 1.29 is 39.2 Å². The summed E-state index contributed by atoms with van der Waals surface area (Å²) in [5.41, 5.74) is 0. The first-order valence-corrected chi connectivity index (χ1v) is 14.8. The normalized spacial score (nSPS) is 40.6. The van der Waals surface area contributed by atoms with Crippen molar-refractivity contribution in [3.05, 3.63) is 0 Å². The van der Waals surface area contributed by atoms with Crippen molar-refractivity contribution in [2.24, 2.45) is 23.7 Å². The molecule has 0 radical (unpaired) electrons. The predicted octanol–water partition coefficient (Wildman–Crippen LogP) is 2.39. The minimum atomic E-state index is -2.20. The first kappa shape index (κ1) is 30.4. The van der Waals surface area contributed by atoms with Gasteiger partial charge in [-0.15, -0.1) is 9.24 Å². The van der Waals surface area contributed by atoms with E-state index in [2.05, 4.69) is 9.24 Å². The molecule has 9 nitrogen and oxygen atoms in total. The average molecular weight is 544 g/mol. The number of ether oxygens (including phenoxy) is 2. The number of Topliss-reactive ketones (excluding diaryl/α,β-unsaturated/α-hetero) is 1. The maximum absolute atomic E-state index is 13.2. The number of aliphatic hydroxyl groups excluding tert-OH is 2. The van der Waals surface area contributed by atoms with Crippen LogP contribution in [0.5, 0.6) is 0 Å². The second kappa shape index (κ2) is 12.8. The molecule has 0 aromatic carbocycles. The van der Waals surface area contributed by atoms with Gasteiger partial charge in [0.2, 0.25) is 5.79 Å². The number of aliphatic hydroxyl groups is 3. The summed E-state index contributed by atoms with van der Waals surface area (Å²) in [5, 5.41) is 31.3. The number of amides is 1. The van der Waals surface area contributed by atoms with Gasteiger partial charge in [0, 0.05) is 12.5 Å². The van der Waals surface area contributed by atoms with E-state index in [4.69, 9.17) is 9.47 Å². The number of ketones is 1. The zero-order valence-corrected chi connectivity index (χ0v) is 23.8. The molecule has 4 rings (SSSR count). The first-order valence-electron chi connectivity index (χ1n) is 14.1. The number of nitrogens with zero attached hydrogens (tertiary/aromatic N) is 1. The van der Waals surface area contributed by atoms with Crippen molar-refractivity contribution in [3.8, 4) is 0 Å². The third-order valence-corrected chi connectivity index (χ3v) is 9.33. The SMILES string of the molecule is CC.CC(OC(=O)C1CCCCN1C(=O)C(=O)C1(O)OC(P)CCC1C)C1CC2CCC(O)C(O)C2C1. The summed E-state index contributed by atoms with van der Waals surface area (Å²) < 4.78 is 11.3. The zero-order valence-electron chi connectivity index (χ0n) is 22.7. The van der Waals surface area contributed by atoms with Gasteiger partial charge in [-0.3, -0.25) is 9.59 Å². The van der Waals surface area contributed by atoms with E-state index >= 15 is 0 Å². The molecule has 2 saturated carbocycles. The molecule has 37 heavy (non-hydrogen) atoms. The second-order valence-corrected chi connectivity index (χ2v) is 11.8. The molecule has 0 bridgehead atoms. The molecule has 2 aliphatic carbocycles. The van der Waals surface area contributed by atoms with E-state index in [1.807, 2.05) is 20.8 Å². The summed E-state index contributed by atoms with van der Waals surface area (Å²) in [5.74, 6) is -5.25. The Kier molecular flexibility index (Phi) is 10.5. The summed E-state index contributed by atoms with van der Waals surface area (Å²) >= 11 is 0. The number of esters is 1. The van der Waals surface area contributed by atoms with Crippen LogP contribution < -0.4 is 0 Å². The van der Waals surface area contributed by atoms with Crippen LogP contribution in [-0.2, 0) is 23.9 Å². The second-order valence-electron chi connectivity index (χ2n) is 11.1. The molecule has 3 N–H and O–H groups in total. The lowest BCUT2D eigenvalue weighted by molar-refractivity contribution is -0.247. The average Bonchev–Trinajstić information content (AvgIpc) is 3.34. The van der Waals surface area contributed by atoms with Crippen LogP contribution in [0.15, 0.2) is 0 Å². The molecule has 11 atom stereocenters.